The van der Waals surface area contributed by atoms with E-state index in [0.717, 1.165) is 6.42 Å². The van der Waals surface area contributed by atoms with Gasteiger partial charge in [-0.05, 0) is 30.5 Å². The van der Waals surface area contributed by atoms with Crippen molar-refractivity contribution in [2.45, 2.75) is 38.5 Å². The lowest BCUT2D eigenvalue weighted by Crippen LogP contribution is -2.44. The van der Waals surface area contributed by atoms with Gasteiger partial charge in [-0.25, -0.2) is 0 Å². The lowest BCUT2D eigenvalue weighted by atomic mass is 10.0. The van der Waals surface area contributed by atoms with Crippen molar-refractivity contribution in [3.8, 4) is 0 Å². The third-order valence-corrected chi connectivity index (χ3v) is 6.13. The van der Waals surface area contributed by atoms with Crippen molar-refractivity contribution in [3.63, 3.8) is 0 Å². The Morgan fingerprint density at radius 1 is 1.27 bits per heavy atom. The van der Waals surface area contributed by atoms with Crippen LogP contribution in [0, 0.1) is 5.92 Å². The third kappa shape index (κ3) is 5.95. The van der Waals surface area contributed by atoms with E-state index in [9.17, 15) is 14.4 Å². The standard InChI is InChI=1S/C22H30ClN3O4/c1-30-12-11-24(20(27)10-9-17-5-2-3-6-17)14-21(28)25-15-22(29)26(16-25)19-8-4-7-18(23)13-19/h4,7-8,13,17H,2-3,5-6,9-12,14-16H2,1H3. The smallest absolute Gasteiger partial charge is 0.248 e. The van der Waals surface area contributed by atoms with Crippen molar-refractivity contribution < 1.29 is 19.1 Å². The second kappa shape index (κ2) is 10.8. The summed E-state index contributed by atoms with van der Waals surface area (Å²) in [5.74, 6) is 0.195. The van der Waals surface area contributed by atoms with E-state index in [0.29, 0.717) is 36.2 Å². The van der Waals surface area contributed by atoms with Gasteiger partial charge in [-0.3, -0.25) is 19.3 Å². The molecule has 0 spiro atoms. The molecule has 0 unspecified atom stereocenters. The van der Waals surface area contributed by atoms with Gasteiger partial charge in [0.2, 0.25) is 17.7 Å². The Morgan fingerprint density at radius 2 is 2.03 bits per heavy atom. The molecule has 2 aliphatic rings. The highest BCUT2D eigenvalue weighted by Gasteiger charge is 2.33. The largest absolute Gasteiger partial charge is 0.383 e. The molecule has 1 aromatic carbocycles. The quantitative estimate of drug-likeness (QED) is 0.598. The van der Waals surface area contributed by atoms with E-state index < -0.39 is 0 Å². The molecule has 30 heavy (non-hydrogen) atoms. The highest BCUT2D eigenvalue weighted by atomic mass is 35.5. The molecule has 2 fully saturated rings. The second-order valence-corrected chi connectivity index (χ2v) is 8.47. The first kappa shape index (κ1) is 22.6. The molecule has 8 heteroatoms. The number of methoxy groups -OCH3 is 1. The summed E-state index contributed by atoms with van der Waals surface area (Å²) >= 11 is 6.02. The molecule has 0 atom stereocenters. The van der Waals surface area contributed by atoms with Gasteiger partial charge in [-0.2, -0.15) is 0 Å². The summed E-state index contributed by atoms with van der Waals surface area (Å²) in [5, 5.41) is 0.531. The monoisotopic (exact) mass is 435 g/mol. The summed E-state index contributed by atoms with van der Waals surface area (Å²) in [6.45, 7) is 0.858. The Morgan fingerprint density at radius 3 is 2.73 bits per heavy atom. The molecular weight excluding hydrogens is 406 g/mol. The maximum atomic E-state index is 12.9. The fourth-order valence-corrected chi connectivity index (χ4v) is 4.31. The van der Waals surface area contributed by atoms with Crippen LogP contribution in [-0.2, 0) is 19.1 Å². The highest BCUT2D eigenvalue weighted by Crippen LogP contribution is 2.28. The number of nitrogens with zero attached hydrogens (tertiary/aromatic N) is 3. The van der Waals surface area contributed by atoms with E-state index in [1.165, 1.54) is 35.5 Å². The lowest BCUT2D eigenvalue weighted by molar-refractivity contribution is -0.141. The number of carbonyl (C=O) groups excluding carboxylic acids is 3. The van der Waals surface area contributed by atoms with Crippen molar-refractivity contribution in [3.05, 3.63) is 29.3 Å². The van der Waals surface area contributed by atoms with Gasteiger partial charge in [-0.15, -0.1) is 0 Å². The highest BCUT2D eigenvalue weighted by molar-refractivity contribution is 6.31. The van der Waals surface area contributed by atoms with Crippen LogP contribution in [0.15, 0.2) is 24.3 Å². The minimum absolute atomic E-state index is 0.000269. The van der Waals surface area contributed by atoms with E-state index in [4.69, 9.17) is 16.3 Å². The Hall–Kier alpha value is -2.12. The van der Waals surface area contributed by atoms with Gasteiger partial charge in [0.25, 0.3) is 0 Å². The Balaban J connectivity index is 1.57. The first-order valence-electron chi connectivity index (χ1n) is 10.6. The van der Waals surface area contributed by atoms with E-state index in [1.54, 1.807) is 36.3 Å². The first-order chi connectivity index (χ1) is 14.5. The molecule has 1 aromatic rings. The van der Waals surface area contributed by atoms with Gasteiger partial charge < -0.3 is 14.5 Å². The zero-order chi connectivity index (χ0) is 21.5. The van der Waals surface area contributed by atoms with Crippen LogP contribution < -0.4 is 4.90 Å². The number of carbonyl (C=O) groups is 3. The summed E-state index contributed by atoms with van der Waals surface area (Å²) < 4.78 is 5.12. The maximum Gasteiger partial charge on any atom is 0.248 e. The number of benzene rings is 1. The van der Waals surface area contributed by atoms with Crippen LogP contribution in [0.5, 0.6) is 0 Å². The van der Waals surface area contributed by atoms with Crippen LogP contribution in [0.1, 0.15) is 38.5 Å². The normalized spacial score (nSPS) is 17.1. The zero-order valence-electron chi connectivity index (χ0n) is 17.5. The topological polar surface area (TPSA) is 70.2 Å². The van der Waals surface area contributed by atoms with Crippen LogP contribution in [-0.4, -0.2) is 67.5 Å². The van der Waals surface area contributed by atoms with E-state index in [1.807, 2.05) is 0 Å². The maximum absolute atomic E-state index is 12.9. The summed E-state index contributed by atoms with van der Waals surface area (Å²) in [4.78, 5) is 42.6. The molecule has 1 heterocycles. The Bertz CT molecular complexity index is 767. The molecule has 1 aliphatic heterocycles. The number of rotatable bonds is 9. The van der Waals surface area contributed by atoms with Crippen LogP contribution in [0.3, 0.4) is 0 Å². The molecular formula is C22H30ClN3O4. The van der Waals surface area contributed by atoms with Crippen molar-refractivity contribution in [1.82, 2.24) is 9.80 Å². The van der Waals surface area contributed by atoms with Crippen LogP contribution >= 0.6 is 11.6 Å². The number of halogens is 1. The molecule has 0 aromatic heterocycles. The predicted molar refractivity (Wildman–Crippen MR) is 115 cm³/mol. The van der Waals surface area contributed by atoms with Crippen molar-refractivity contribution in [1.29, 1.82) is 0 Å². The van der Waals surface area contributed by atoms with E-state index in [2.05, 4.69) is 0 Å². The van der Waals surface area contributed by atoms with Gasteiger partial charge in [0.15, 0.2) is 0 Å². The minimum Gasteiger partial charge on any atom is -0.383 e. The van der Waals surface area contributed by atoms with Gasteiger partial charge in [0.1, 0.15) is 13.2 Å². The van der Waals surface area contributed by atoms with Crippen LogP contribution in [0.4, 0.5) is 5.69 Å². The number of hydrogen-bond donors (Lipinski definition) is 0. The average molecular weight is 436 g/mol. The Labute approximate surface area is 182 Å². The summed E-state index contributed by atoms with van der Waals surface area (Å²) in [6.07, 6.45) is 6.21. The molecule has 164 valence electrons. The second-order valence-electron chi connectivity index (χ2n) is 8.03. The first-order valence-corrected chi connectivity index (χ1v) is 11.0. The number of hydrogen-bond acceptors (Lipinski definition) is 4. The van der Waals surface area contributed by atoms with Gasteiger partial charge in [0, 0.05) is 30.8 Å². The minimum atomic E-state index is -0.238. The van der Waals surface area contributed by atoms with Gasteiger partial charge in [-0.1, -0.05) is 43.4 Å². The molecule has 1 saturated heterocycles. The molecule has 0 bridgehead atoms. The van der Waals surface area contributed by atoms with Crippen LogP contribution in [0.2, 0.25) is 5.02 Å². The summed E-state index contributed by atoms with van der Waals surface area (Å²) in [7, 11) is 1.57. The Kier molecular flexibility index (Phi) is 8.10. The fourth-order valence-electron chi connectivity index (χ4n) is 4.13. The zero-order valence-corrected chi connectivity index (χ0v) is 18.3. The molecule has 7 nitrogen and oxygen atoms in total. The molecule has 0 radical (unpaired) electrons. The summed E-state index contributed by atoms with van der Waals surface area (Å²) in [6, 6.07) is 6.99. The molecule has 3 amide bonds. The van der Waals surface area contributed by atoms with Crippen molar-refractivity contribution in [2.24, 2.45) is 5.92 Å². The molecule has 1 saturated carbocycles. The number of amides is 3. The van der Waals surface area contributed by atoms with Crippen molar-refractivity contribution in [2.75, 3.05) is 44.9 Å². The molecule has 3 rings (SSSR count). The van der Waals surface area contributed by atoms with Gasteiger partial charge >= 0.3 is 0 Å². The summed E-state index contributed by atoms with van der Waals surface area (Å²) in [5.41, 5.74) is 0.659. The van der Waals surface area contributed by atoms with E-state index in [-0.39, 0.29) is 37.5 Å². The molecule has 1 aliphatic carbocycles. The van der Waals surface area contributed by atoms with Crippen molar-refractivity contribution >= 4 is 35.0 Å². The van der Waals surface area contributed by atoms with Gasteiger partial charge in [0.05, 0.1) is 13.2 Å². The fraction of sp³-hybridized carbons (Fsp3) is 0.591. The number of anilines is 1. The average Bonchev–Trinajstić information content (AvgIpc) is 3.38. The SMILES string of the molecule is COCCN(CC(=O)N1CC(=O)N(c2cccc(Cl)c2)C1)C(=O)CCC1CCCC1. The predicted octanol–water partition coefficient (Wildman–Crippen LogP) is 2.92. The van der Waals surface area contributed by atoms with E-state index >= 15 is 0 Å². The third-order valence-electron chi connectivity index (χ3n) is 5.90. The van der Waals surface area contributed by atoms with Crippen LogP contribution in [0.25, 0.3) is 0 Å². The number of ether oxygens (including phenoxy) is 1. The molecule has 0 N–H and O–H groups in total. The lowest BCUT2D eigenvalue weighted by Gasteiger charge is -2.25.